The average molecular weight is 300 g/mol. The summed E-state index contributed by atoms with van der Waals surface area (Å²) in [5.74, 6) is 0.542. The summed E-state index contributed by atoms with van der Waals surface area (Å²) < 4.78 is 1.90. The number of pyridine rings is 1. The van der Waals surface area contributed by atoms with Crippen LogP contribution < -0.4 is 0 Å². The maximum atomic E-state index is 10.8. The Kier molecular flexibility index (Phi) is 3.85. The zero-order valence-corrected chi connectivity index (χ0v) is 12.4. The van der Waals surface area contributed by atoms with Crippen LogP contribution in [0, 0.1) is 0 Å². The molecule has 0 spiro atoms. The van der Waals surface area contributed by atoms with Crippen LogP contribution in [0.15, 0.2) is 24.5 Å². The summed E-state index contributed by atoms with van der Waals surface area (Å²) in [6.07, 6.45) is 3.49. The highest BCUT2D eigenvalue weighted by Crippen LogP contribution is 2.31. The van der Waals surface area contributed by atoms with Gasteiger partial charge in [-0.15, -0.1) is 0 Å². The van der Waals surface area contributed by atoms with Crippen LogP contribution in [0.25, 0.3) is 0 Å². The zero-order valence-electron chi connectivity index (χ0n) is 10.9. The second-order valence-electron chi connectivity index (χ2n) is 4.83. The first-order valence-corrected chi connectivity index (χ1v) is 6.67. The molecule has 0 aromatic carbocycles. The first-order chi connectivity index (χ1) is 8.82. The fourth-order valence-corrected chi connectivity index (χ4v) is 2.44. The number of imidazole rings is 1. The summed E-state index contributed by atoms with van der Waals surface area (Å²) in [5.41, 5.74) is -0.727. The lowest BCUT2D eigenvalue weighted by Gasteiger charge is -2.26. The van der Waals surface area contributed by atoms with Gasteiger partial charge in [-0.1, -0.05) is 23.2 Å². The van der Waals surface area contributed by atoms with Gasteiger partial charge in [0.1, 0.15) is 21.7 Å². The third kappa shape index (κ3) is 2.76. The summed E-state index contributed by atoms with van der Waals surface area (Å²) >= 11 is 11.8. The van der Waals surface area contributed by atoms with E-state index in [0.29, 0.717) is 11.4 Å². The van der Waals surface area contributed by atoms with Gasteiger partial charge < -0.3 is 9.67 Å². The Bertz CT molecular complexity index is 573. The van der Waals surface area contributed by atoms with Gasteiger partial charge >= 0.3 is 0 Å². The van der Waals surface area contributed by atoms with E-state index in [2.05, 4.69) is 9.97 Å². The van der Waals surface area contributed by atoms with Gasteiger partial charge in [-0.05, 0) is 38.5 Å². The number of nitrogens with zero attached hydrogens (tertiary/aromatic N) is 3. The Balaban J connectivity index is 2.55. The summed E-state index contributed by atoms with van der Waals surface area (Å²) in [6.45, 7) is 5.71. The van der Waals surface area contributed by atoms with E-state index in [1.807, 2.05) is 24.6 Å². The lowest BCUT2D eigenvalue weighted by Crippen LogP contribution is -2.28. The van der Waals surface area contributed by atoms with Gasteiger partial charge in [0, 0.05) is 18.4 Å². The Morgan fingerprint density at radius 3 is 2.37 bits per heavy atom. The van der Waals surface area contributed by atoms with Gasteiger partial charge in [0.25, 0.3) is 0 Å². The van der Waals surface area contributed by atoms with Gasteiger partial charge in [0.15, 0.2) is 0 Å². The third-order valence-corrected chi connectivity index (χ3v) is 3.37. The van der Waals surface area contributed by atoms with E-state index >= 15 is 0 Å². The van der Waals surface area contributed by atoms with Crippen LogP contribution in [0.1, 0.15) is 38.2 Å². The molecular formula is C13H15Cl2N3O. The second kappa shape index (κ2) is 5.12. The molecule has 2 rings (SSSR count). The highest BCUT2D eigenvalue weighted by atomic mass is 35.5. The van der Waals surface area contributed by atoms with Crippen molar-refractivity contribution in [3.63, 3.8) is 0 Å². The van der Waals surface area contributed by atoms with Crippen molar-refractivity contribution in [3.05, 3.63) is 46.2 Å². The van der Waals surface area contributed by atoms with Crippen molar-refractivity contribution >= 4 is 23.2 Å². The maximum Gasteiger partial charge on any atom is 0.145 e. The number of aliphatic hydroxyl groups is 1. The number of halogens is 2. The van der Waals surface area contributed by atoms with E-state index < -0.39 is 5.60 Å². The molecule has 0 amide bonds. The highest BCUT2D eigenvalue weighted by molar-refractivity contribution is 6.32. The predicted octanol–water partition coefficient (Wildman–Crippen LogP) is 3.42. The molecule has 102 valence electrons. The molecule has 1 unspecified atom stereocenters. The van der Waals surface area contributed by atoms with Crippen LogP contribution in [-0.2, 0) is 5.60 Å². The molecule has 4 nitrogen and oxygen atoms in total. The molecule has 0 aliphatic rings. The Morgan fingerprint density at radius 2 is 1.84 bits per heavy atom. The van der Waals surface area contributed by atoms with Crippen LogP contribution in [0.2, 0.25) is 10.3 Å². The average Bonchev–Trinajstić information content (AvgIpc) is 2.76. The molecule has 2 aromatic rings. The third-order valence-electron chi connectivity index (χ3n) is 2.99. The lowest BCUT2D eigenvalue weighted by atomic mass is 9.96. The molecule has 1 N–H and O–H groups in total. The largest absolute Gasteiger partial charge is 0.377 e. The normalized spacial score (nSPS) is 14.7. The van der Waals surface area contributed by atoms with Crippen molar-refractivity contribution in [3.8, 4) is 0 Å². The van der Waals surface area contributed by atoms with Crippen molar-refractivity contribution in [2.75, 3.05) is 0 Å². The fourth-order valence-electron chi connectivity index (χ4n) is 1.98. The minimum absolute atomic E-state index is 0.191. The standard InChI is InChI=1S/C13H15Cl2N3O/c1-8(2)18-5-4-16-12(18)13(3,19)9-6-10(14)17-11(15)7-9/h4-8,19H,1-3H3. The van der Waals surface area contributed by atoms with E-state index in [-0.39, 0.29) is 16.3 Å². The Labute approximate surface area is 122 Å². The molecule has 0 aliphatic heterocycles. The molecule has 6 heteroatoms. The summed E-state index contributed by atoms with van der Waals surface area (Å²) in [5, 5.41) is 11.3. The van der Waals surface area contributed by atoms with E-state index in [1.165, 1.54) is 0 Å². The molecule has 0 aliphatic carbocycles. The maximum absolute atomic E-state index is 10.8. The van der Waals surface area contributed by atoms with Gasteiger partial charge in [-0.25, -0.2) is 9.97 Å². The number of aromatic nitrogens is 3. The van der Waals surface area contributed by atoms with Crippen molar-refractivity contribution in [2.45, 2.75) is 32.4 Å². The first-order valence-electron chi connectivity index (χ1n) is 5.91. The molecule has 19 heavy (non-hydrogen) atoms. The molecule has 1 atom stereocenters. The fraction of sp³-hybridized carbons (Fsp3) is 0.385. The zero-order chi connectivity index (χ0) is 14.2. The van der Waals surface area contributed by atoms with Gasteiger partial charge in [0.2, 0.25) is 0 Å². The monoisotopic (exact) mass is 299 g/mol. The Hall–Kier alpha value is -1.10. The van der Waals surface area contributed by atoms with E-state index in [1.54, 1.807) is 25.3 Å². The van der Waals surface area contributed by atoms with E-state index in [4.69, 9.17) is 23.2 Å². The van der Waals surface area contributed by atoms with Crippen LogP contribution in [0.3, 0.4) is 0 Å². The van der Waals surface area contributed by atoms with E-state index in [9.17, 15) is 5.11 Å². The minimum atomic E-state index is -1.29. The van der Waals surface area contributed by atoms with E-state index in [0.717, 1.165) is 0 Å². The smallest absolute Gasteiger partial charge is 0.145 e. The summed E-state index contributed by atoms with van der Waals surface area (Å²) in [4.78, 5) is 8.13. The molecular weight excluding hydrogens is 285 g/mol. The topological polar surface area (TPSA) is 50.9 Å². The second-order valence-corrected chi connectivity index (χ2v) is 5.60. The molecule has 0 saturated heterocycles. The number of rotatable bonds is 3. The van der Waals surface area contributed by atoms with Crippen LogP contribution >= 0.6 is 23.2 Å². The molecule has 2 heterocycles. The number of hydrogen-bond acceptors (Lipinski definition) is 3. The molecule has 0 saturated carbocycles. The molecule has 0 bridgehead atoms. The SMILES string of the molecule is CC(C)n1ccnc1C(C)(O)c1cc(Cl)nc(Cl)c1. The first kappa shape index (κ1) is 14.3. The predicted molar refractivity (Wildman–Crippen MR) is 75.5 cm³/mol. The van der Waals surface area contributed by atoms with Crippen LogP contribution in [0.4, 0.5) is 0 Å². The minimum Gasteiger partial charge on any atom is -0.377 e. The molecule has 0 fully saturated rings. The van der Waals surface area contributed by atoms with Gasteiger partial charge in [0.05, 0.1) is 0 Å². The van der Waals surface area contributed by atoms with Crippen molar-refractivity contribution in [2.24, 2.45) is 0 Å². The van der Waals surface area contributed by atoms with Crippen molar-refractivity contribution < 1.29 is 5.11 Å². The van der Waals surface area contributed by atoms with Crippen molar-refractivity contribution in [1.29, 1.82) is 0 Å². The van der Waals surface area contributed by atoms with Crippen molar-refractivity contribution in [1.82, 2.24) is 14.5 Å². The molecule has 0 radical (unpaired) electrons. The summed E-state index contributed by atoms with van der Waals surface area (Å²) in [7, 11) is 0. The van der Waals surface area contributed by atoms with Gasteiger partial charge in [-0.2, -0.15) is 0 Å². The number of hydrogen-bond donors (Lipinski definition) is 1. The highest BCUT2D eigenvalue weighted by Gasteiger charge is 2.31. The van der Waals surface area contributed by atoms with Gasteiger partial charge in [-0.3, -0.25) is 0 Å². The summed E-state index contributed by atoms with van der Waals surface area (Å²) in [6, 6.07) is 3.37. The Morgan fingerprint density at radius 1 is 1.26 bits per heavy atom. The molecule has 2 aromatic heterocycles. The van der Waals surface area contributed by atoms with Crippen LogP contribution in [-0.4, -0.2) is 19.6 Å². The van der Waals surface area contributed by atoms with Crippen LogP contribution in [0.5, 0.6) is 0 Å². The lowest BCUT2D eigenvalue weighted by molar-refractivity contribution is 0.0866. The quantitative estimate of drug-likeness (QED) is 0.884.